The third kappa shape index (κ3) is 12.6. The minimum atomic E-state index is 0.473. The zero-order valence-corrected chi connectivity index (χ0v) is 16.9. The number of hydrogen-bond donors (Lipinski definition) is 2. The van der Waals surface area contributed by atoms with Crippen LogP contribution < -0.4 is 10.6 Å². The molecule has 1 rings (SSSR count). The number of hydrogen-bond acceptors (Lipinski definition) is 7. The molecule has 0 aromatic carbocycles. The van der Waals surface area contributed by atoms with Crippen molar-refractivity contribution in [3.63, 3.8) is 0 Å². The SMILES string of the molecule is CNC(CCCCNCOCCCSSC1CCCC=N1)COC. The molecular weight excluding hydrogens is 342 g/mol. The van der Waals surface area contributed by atoms with Crippen LogP contribution in [0, 0.1) is 0 Å². The van der Waals surface area contributed by atoms with Crippen molar-refractivity contribution < 1.29 is 9.47 Å². The van der Waals surface area contributed by atoms with Crippen molar-refractivity contribution in [2.45, 2.75) is 56.4 Å². The second kappa shape index (κ2) is 16.7. The van der Waals surface area contributed by atoms with E-state index in [0.717, 1.165) is 44.8 Å². The summed E-state index contributed by atoms with van der Waals surface area (Å²) < 4.78 is 10.8. The molecule has 0 saturated heterocycles. The van der Waals surface area contributed by atoms with E-state index in [9.17, 15) is 0 Å². The van der Waals surface area contributed by atoms with Gasteiger partial charge in [0.05, 0.1) is 13.3 Å². The van der Waals surface area contributed by atoms with Gasteiger partial charge in [-0.1, -0.05) is 28.0 Å². The Morgan fingerprint density at radius 1 is 1.33 bits per heavy atom. The average Bonchev–Trinajstić information content (AvgIpc) is 2.62. The largest absolute Gasteiger partial charge is 0.383 e. The van der Waals surface area contributed by atoms with Crippen LogP contribution in [0.5, 0.6) is 0 Å². The molecule has 2 N–H and O–H groups in total. The summed E-state index contributed by atoms with van der Waals surface area (Å²) in [5.74, 6) is 1.14. The number of ether oxygens (including phenoxy) is 2. The van der Waals surface area contributed by atoms with E-state index in [4.69, 9.17) is 9.47 Å². The second-order valence-corrected chi connectivity index (χ2v) is 8.64. The summed E-state index contributed by atoms with van der Waals surface area (Å²) in [6.07, 6.45) is 10.4. The standard InChI is InChI=1S/C17H35N3O2S2/c1-18-16(14-21-2)8-3-5-10-19-15-22-12-7-13-23-24-17-9-4-6-11-20-17/h11,16-19H,3-10,12-15H2,1-2H3. The van der Waals surface area contributed by atoms with Crippen molar-refractivity contribution in [3.05, 3.63) is 0 Å². The number of nitrogens with one attached hydrogen (secondary N) is 2. The molecule has 0 aromatic heterocycles. The Hall–Kier alpha value is 0.210. The van der Waals surface area contributed by atoms with Crippen LogP contribution in [-0.4, -0.2) is 64.0 Å². The van der Waals surface area contributed by atoms with E-state index in [0.29, 0.717) is 18.1 Å². The highest BCUT2D eigenvalue weighted by Gasteiger charge is 2.09. The van der Waals surface area contributed by atoms with Crippen LogP contribution in [0.4, 0.5) is 0 Å². The fraction of sp³-hybridized carbons (Fsp3) is 0.941. The summed E-state index contributed by atoms with van der Waals surface area (Å²) in [5.41, 5.74) is 0. The predicted molar refractivity (Wildman–Crippen MR) is 108 cm³/mol. The van der Waals surface area contributed by atoms with Gasteiger partial charge in [0.1, 0.15) is 5.37 Å². The lowest BCUT2D eigenvalue weighted by atomic mass is 10.1. The molecule has 1 aliphatic heterocycles. The van der Waals surface area contributed by atoms with Gasteiger partial charge in [-0.15, -0.1) is 0 Å². The highest BCUT2D eigenvalue weighted by molar-refractivity contribution is 8.76. The van der Waals surface area contributed by atoms with Crippen molar-refractivity contribution >= 4 is 27.8 Å². The first-order valence-corrected chi connectivity index (χ1v) is 11.5. The van der Waals surface area contributed by atoms with Crippen LogP contribution in [0.1, 0.15) is 44.9 Å². The van der Waals surface area contributed by atoms with Crippen molar-refractivity contribution in [1.29, 1.82) is 0 Å². The van der Waals surface area contributed by atoms with Gasteiger partial charge in [-0.2, -0.15) is 0 Å². The molecule has 0 fully saturated rings. The van der Waals surface area contributed by atoms with E-state index in [2.05, 4.69) is 21.8 Å². The quantitative estimate of drug-likeness (QED) is 0.244. The molecule has 24 heavy (non-hydrogen) atoms. The molecule has 7 heteroatoms. The number of methoxy groups -OCH3 is 1. The maximum absolute atomic E-state index is 5.62. The first-order chi connectivity index (χ1) is 11.9. The summed E-state index contributed by atoms with van der Waals surface area (Å²) in [7, 11) is 7.59. The average molecular weight is 378 g/mol. The van der Waals surface area contributed by atoms with Gasteiger partial charge in [0, 0.05) is 31.7 Å². The van der Waals surface area contributed by atoms with E-state index in [1.54, 1.807) is 7.11 Å². The summed E-state index contributed by atoms with van der Waals surface area (Å²) in [4.78, 5) is 4.50. The first kappa shape index (κ1) is 22.3. The van der Waals surface area contributed by atoms with Gasteiger partial charge in [0.25, 0.3) is 0 Å². The van der Waals surface area contributed by atoms with Gasteiger partial charge < -0.3 is 14.8 Å². The number of nitrogens with zero attached hydrogens (tertiary/aromatic N) is 1. The monoisotopic (exact) mass is 377 g/mol. The van der Waals surface area contributed by atoms with Crippen molar-refractivity contribution in [2.24, 2.45) is 4.99 Å². The molecule has 0 aliphatic carbocycles. The molecule has 0 saturated carbocycles. The fourth-order valence-electron chi connectivity index (χ4n) is 2.44. The van der Waals surface area contributed by atoms with Gasteiger partial charge in [0.2, 0.25) is 0 Å². The van der Waals surface area contributed by atoms with Gasteiger partial charge >= 0.3 is 0 Å². The Bertz CT molecular complexity index is 310. The molecule has 5 nitrogen and oxygen atoms in total. The summed E-state index contributed by atoms with van der Waals surface area (Å²) in [6.45, 7) is 3.31. The summed E-state index contributed by atoms with van der Waals surface area (Å²) in [6, 6.07) is 0.473. The normalized spacial score (nSPS) is 18.8. The zero-order chi connectivity index (χ0) is 17.3. The lowest BCUT2D eigenvalue weighted by Gasteiger charge is -2.14. The highest BCUT2D eigenvalue weighted by Crippen LogP contribution is 2.32. The van der Waals surface area contributed by atoms with Crippen LogP contribution in [-0.2, 0) is 9.47 Å². The number of unbranched alkanes of at least 4 members (excludes halogenated alkanes) is 1. The molecule has 142 valence electrons. The molecule has 2 atom stereocenters. The molecule has 0 amide bonds. The van der Waals surface area contributed by atoms with Gasteiger partial charge in [-0.3, -0.25) is 10.3 Å². The van der Waals surface area contributed by atoms with E-state index in [1.807, 2.05) is 28.6 Å². The lowest BCUT2D eigenvalue weighted by molar-refractivity contribution is 0.117. The molecular formula is C17H35N3O2S2. The van der Waals surface area contributed by atoms with Crippen molar-refractivity contribution in [3.8, 4) is 0 Å². The Kier molecular flexibility index (Phi) is 15.5. The number of likely N-dealkylation sites (N-methyl/N-ethyl adjacent to an activating group) is 1. The van der Waals surface area contributed by atoms with Crippen LogP contribution in [0.2, 0.25) is 0 Å². The lowest BCUT2D eigenvalue weighted by Crippen LogP contribution is -2.30. The van der Waals surface area contributed by atoms with Gasteiger partial charge in [-0.25, -0.2) is 0 Å². The number of aliphatic imine (C=N–C) groups is 1. The minimum absolute atomic E-state index is 0.473. The third-order valence-electron chi connectivity index (χ3n) is 3.89. The van der Waals surface area contributed by atoms with Crippen LogP contribution in [0.3, 0.4) is 0 Å². The zero-order valence-electron chi connectivity index (χ0n) is 15.3. The van der Waals surface area contributed by atoms with E-state index >= 15 is 0 Å². The number of rotatable bonds is 16. The van der Waals surface area contributed by atoms with E-state index in [-0.39, 0.29) is 0 Å². The van der Waals surface area contributed by atoms with E-state index < -0.39 is 0 Å². The first-order valence-electron chi connectivity index (χ1n) is 9.11. The maximum Gasteiger partial charge on any atom is 0.105 e. The third-order valence-corrected chi connectivity index (χ3v) is 6.63. The Morgan fingerprint density at radius 3 is 3.00 bits per heavy atom. The van der Waals surface area contributed by atoms with E-state index in [1.165, 1.54) is 25.7 Å². The predicted octanol–water partition coefficient (Wildman–Crippen LogP) is 3.31. The van der Waals surface area contributed by atoms with Crippen LogP contribution in [0.15, 0.2) is 4.99 Å². The second-order valence-electron chi connectivity index (χ2n) is 5.98. The molecule has 0 aromatic rings. The van der Waals surface area contributed by atoms with Gasteiger partial charge in [0.15, 0.2) is 0 Å². The van der Waals surface area contributed by atoms with Gasteiger partial charge in [-0.05, 0) is 52.1 Å². The van der Waals surface area contributed by atoms with Crippen LogP contribution in [0.25, 0.3) is 0 Å². The van der Waals surface area contributed by atoms with Crippen molar-refractivity contribution in [1.82, 2.24) is 10.6 Å². The molecule has 2 unspecified atom stereocenters. The Balaban J connectivity index is 1.76. The molecule has 0 spiro atoms. The summed E-state index contributed by atoms with van der Waals surface area (Å²) >= 11 is 0. The fourth-order valence-corrected chi connectivity index (χ4v) is 4.88. The topological polar surface area (TPSA) is 54.9 Å². The maximum atomic E-state index is 5.62. The molecule has 1 heterocycles. The summed E-state index contributed by atoms with van der Waals surface area (Å²) in [5, 5.41) is 7.11. The molecule has 0 bridgehead atoms. The molecule has 1 aliphatic rings. The Morgan fingerprint density at radius 2 is 2.25 bits per heavy atom. The minimum Gasteiger partial charge on any atom is -0.383 e. The Labute approximate surface area is 155 Å². The van der Waals surface area contributed by atoms with Crippen LogP contribution >= 0.6 is 21.6 Å². The molecule has 0 radical (unpaired) electrons. The highest BCUT2D eigenvalue weighted by atomic mass is 33.1. The van der Waals surface area contributed by atoms with Crippen molar-refractivity contribution in [2.75, 3.05) is 46.4 Å². The smallest absolute Gasteiger partial charge is 0.105 e.